The third-order valence-electron chi connectivity index (χ3n) is 2.55. The predicted molar refractivity (Wildman–Crippen MR) is 71.7 cm³/mol. The molecular formula is C15H15ClO. The van der Waals surface area contributed by atoms with Gasteiger partial charge in [0.2, 0.25) is 0 Å². The minimum absolute atomic E-state index is 0.503. The summed E-state index contributed by atoms with van der Waals surface area (Å²) in [5.74, 6) is 0.891. The van der Waals surface area contributed by atoms with E-state index in [4.69, 9.17) is 16.3 Å². The lowest BCUT2D eigenvalue weighted by Gasteiger charge is -2.09. The Bertz CT molecular complexity index is 500. The zero-order chi connectivity index (χ0) is 12.3. The molecule has 0 N–H and O–H groups in total. The van der Waals surface area contributed by atoms with Crippen LogP contribution in [0, 0.1) is 13.8 Å². The van der Waals surface area contributed by atoms with Gasteiger partial charge >= 0.3 is 0 Å². The van der Waals surface area contributed by atoms with Crippen LogP contribution in [0.5, 0.6) is 5.75 Å². The van der Waals surface area contributed by atoms with E-state index >= 15 is 0 Å². The first-order valence-electron chi connectivity index (χ1n) is 5.59. The van der Waals surface area contributed by atoms with Gasteiger partial charge in [-0.3, -0.25) is 0 Å². The molecule has 0 aliphatic rings. The Hall–Kier alpha value is -1.47. The van der Waals surface area contributed by atoms with Crippen LogP contribution in [0.2, 0.25) is 5.02 Å². The van der Waals surface area contributed by atoms with Crippen molar-refractivity contribution < 1.29 is 4.74 Å². The molecule has 0 spiro atoms. The smallest absolute Gasteiger partial charge is 0.120 e. The van der Waals surface area contributed by atoms with Crippen LogP contribution in [0.3, 0.4) is 0 Å². The van der Waals surface area contributed by atoms with Crippen LogP contribution >= 0.6 is 11.6 Å². The first-order chi connectivity index (χ1) is 8.15. The molecule has 2 aromatic carbocycles. The third-order valence-corrected chi connectivity index (χ3v) is 2.92. The molecule has 17 heavy (non-hydrogen) atoms. The van der Waals surface area contributed by atoms with Gasteiger partial charge in [-0.15, -0.1) is 0 Å². The molecule has 88 valence electrons. The Balaban J connectivity index is 2.10. The Labute approximate surface area is 107 Å². The van der Waals surface area contributed by atoms with Crippen LogP contribution in [-0.4, -0.2) is 0 Å². The highest BCUT2D eigenvalue weighted by Gasteiger charge is 2.01. The van der Waals surface area contributed by atoms with E-state index in [9.17, 15) is 0 Å². The Morgan fingerprint density at radius 2 is 1.65 bits per heavy atom. The van der Waals surface area contributed by atoms with Crippen LogP contribution in [0.25, 0.3) is 0 Å². The van der Waals surface area contributed by atoms with Crippen molar-refractivity contribution in [3.8, 4) is 5.75 Å². The molecule has 1 nitrogen and oxygen atoms in total. The van der Waals surface area contributed by atoms with E-state index in [1.807, 2.05) is 36.4 Å². The van der Waals surface area contributed by atoms with E-state index in [1.54, 1.807) is 0 Å². The molecule has 0 unspecified atom stereocenters. The lowest BCUT2D eigenvalue weighted by Crippen LogP contribution is -1.96. The summed E-state index contributed by atoms with van der Waals surface area (Å²) in [6.07, 6.45) is 0. The van der Waals surface area contributed by atoms with Crippen molar-refractivity contribution in [2.24, 2.45) is 0 Å². The molecule has 0 heterocycles. The van der Waals surface area contributed by atoms with Gasteiger partial charge in [-0.2, -0.15) is 0 Å². The highest BCUT2D eigenvalue weighted by molar-refractivity contribution is 6.31. The highest BCUT2D eigenvalue weighted by atomic mass is 35.5. The molecule has 2 rings (SSSR count). The zero-order valence-electron chi connectivity index (χ0n) is 10.0. The maximum absolute atomic E-state index is 6.07. The molecule has 0 atom stereocenters. The first-order valence-corrected chi connectivity index (χ1v) is 5.97. The normalized spacial score (nSPS) is 10.3. The van der Waals surface area contributed by atoms with E-state index in [-0.39, 0.29) is 0 Å². The maximum atomic E-state index is 6.07. The summed E-state index contributed by atoms with van der Waals surface area (Å²) >= 11 is 6.07. The lowest BCUT2D eigenvalue weighted by atomic mass is 10.1. The van der Waals surface area contributed by atoms with E-state index < -0.39 is 0 Å². The Morgan fingerprint density at radius 3 is 2.29 bits per heavy atom. The number of benzene rings is 2. The van der Waals surface area contributed by atoms with Crippen molar-refractivity contribution in [1.82, 2.24) is 0 Å². The molecule has 0 aliphatic heterocycles. The fraction of sp³-hybridized carbons (Fsp3) is 0.200. The van der Waals surface area contributed by atoms with Crippen LogP contribution in [0.1, 0.15) is 16.7 Å². The minimum Gasteiger partial charge on any atom is -0.489 e. The van der Waals surface area contributed by atoms with E-state index in [0.717, 1.165) is 16.3 Å². The summed E-state index contributed by atoms with van der Waals surface area (Å²) in [6.45, 7) is 4.63. The monoisotopic (exact) mass is 246 g/mol. The van der Waals surface area contributed by atoms with E-state index in [1.165, 1.54) is 11.1 Å². The first kappa shape index (κ1) is 12.0. The van der Waals surface area contributed by atoms with Gasteiger partial charge in [-0.05, 0) is 43.2 Å². The minimum atomic E-state index is 0.503. The lowest BCUT2D eigenvalue weighted by molar-refractivity contribution is 0.306. The number of rotatable bonds is 3. The van der Waals surface area contributed by atoms with Gasteiger partial charge in [0.15, 0.2) is 0 Å². The molecular weight excluding hydrogens is 232 g/mol. The molecule has 0 saturated heterocycles. The van der Waals surface area contributed by atoms with Gasteiger partial charge in [-0.1, -0.05) is 35.9 Å². The number of hydrogen-bond donors (Lipinski definition) is 0. The Kier molecular flexibility index (Phi) is 3.70. The maximum Gasteiger partial charge on any atom is 0.120 e. The van der Waals surface area contributed by atoms with Crippen molar-refractivity contribution in [2.45, 2.75) is 20.5 Å². The van der Waals surface area contributed by atoms with Gasteiger partial charge in [0, 0.05) is 10.6 Å². The Morgan fingerprint density at radius 1 is 1.00 bits per heavy atom. The number of halogens is 1. The molecule has 0 aromatic heterocycles. The van der Waals surface area contributed by atoms with Gasteiger partial charge in [0.1, 0.15) is 12.4 Å². The predicted octanol–water partition coefficient (Wildman–Crippen LogP) is 4.54. The van der Waals surface area contributed by atoms with Crippen LogP contribution < -0.4 is 4.74 Å². The summed E-state index contributed by atoms with van der Waals surface area (Å²) < 4.78 is 5.75. The highest BCUT2D eigenvalue weighted by Crippen LogP contribution is 2.20. The summed E-state index contributed by atoms with van der Waals surface area (Å²) in [7, 11) is 0. The molecule has 0 fully saturated rings. The molecule has 0 bridgehead atoms. The van der Waals surface area contributed by atoms with Crippen LogP contribution in [0.15, 0.2) is 42.5 Å². The molecule has 0 radical (unpaired) electrons. The van der Waals surface area contributed by atoms with Gasteiger partial charge in [0.25, 0.3) is 0 Å². The molecule has 2 heteroatoms. The van der Waals surface area contributed by atoms with E-state index in [0.29, 0.717) is 6.61 Å². The van der Waals surface area contributed by atoms with Crippen molar-refractivity contribution >= 4 is 11.6 Å². The van der Waals surface area contributed by atoms with Crippen molar-refractivity contribution in [3.05, 3.63) is 64.2 Å². The summed E-state index contributed by atoms with van der Waals surface area (Å²) in [6, 6.07) is 13.9. The topological polar surface area (TPSA) is 9.23 Å². The largest absolute Gasteiger partial charge is 0.489 e. The molecule has 0 amide bonds. The number of aryl methyl sites for hydroxylation is 2. The van der Waals surface area contributed by atoms with Crippen LogP contribution in [0.4, 0.5) is 0 Å². The second-order valence-corrected chi connectivity index (χ2v) is 4.61. The standard InChI is InChI=1S/C15H15ClO/c1-11-7-12(2)9-14(8-11)17-10-13-5-3-4-6-15(13)16/h3-9H,10H2,1-2H3. The summed E-state index contributed by atoms with van der Waals surface area (Å²) in [4.78, 5) is 0. The van der Waals surface area contributed by atoms with Crippen molar-refractivity contribution in [1.29, 1.82) is 0 Å². The van der Waals surface area contributed by atoms with Crippen molar-refractivity contribution in [3.63, 3.8) is 0 Å². The molecule has 0 aliphatic carbocycles. The second-order valence-electron chi connectivity index (χ2n) is 4.20. The fourth-order valence-corrected chi connectivity index (χ4v) is 1.98. The van der Waals surface area contributed by atoms with E-state index in [2.05, 4.69) is 19.9 Å². The molecule has 0 saturated carbocycles. The quantitative estimate of drug-likeness (QED) is 0.773. The number of ether oxygens (including phenoxy) is 1. The van der Waals surface area contributed by atoms with Gasteiger partial charge < -0.3 is 4.74 Å². The van der Waals surface area contributed by atoms with Gasteiger partial charge in [-0.25, -0.2) is 0 Å². The average molecular weight is 247 g/mol. The SMILES string of the molecule is Cc1cc(C)cc(OCc2ccccc2Cl)c1. The molecule has 2 aromatic rings. The van der Waals surface area contributed by atoms with Gasteiger partial charge in [0.05, 0.1) is 0 Å². The number of hydrogen-bond acceptors (Lipinski definition) is 1. The third kappa shape index (κ3) is 3.24. The van der Waals surface area contributed by atoms with Crippen LogP contribution in [-0.2, 0) is 6.61 Å². The summed E-state index contributed by atoms with van der Waals surface area (Å²) in [5, 5.41) is 0.747. The summed E-state index contributed by atoms with van der Waals surface area (Å²) in [5.41, 5.74) is 3.42. The second kappa shape index (κ2) is 5.24. The average Bonchev–Trinajstić information content (AvgIpc) is 2.27. The zero-order valence-corrected chi connectivity index (χ0v) is 10.8. The fourth-order valence-electron chi connectivity index (χ4n) is 1.79. The van der Waals surface area contributed by atoms with Crippen molar-refractivity contribution in [2.75, 3.05) is 0 Å².